The van der Waals surface area contributed by atoms with Gasteiger partial charge >= 0.3 is 0 Å². The SMILES string of the molecule is CCCN1C(=O)c2ccccc2CC1O. The topological polar surface area (TPSA) is 40.5 Å². The molecule has 1 atom stereocenters. The van der Waals surface area contributed by atoms with Crippen LogP contribution in [0.4, 0.5) is 0 Å². The molecule has 1 unspecified atom stereocenters. The number of aliphatic hydroxyl groups excluding tert-OH is 1. The Kier molecular flexibility index (Phi) is 2.73. The van der Waals surface area contributed by atoms with Gasteiger partial charge in [0, 0.05) is 18.5 Å². The number of aliphatic hydroxyl groups is 1. The zero-order chi connectivity index (χ0) is 10.8. The third-order valence-corrected chi connectivity index (χ3v) is 2.74. The van der Waals surface area contributed by atoms with Gasteiger partial charge in [0.1, 0.15) is 6.23 Å². The fourth-order valence-corrected chi connectivity index (χ4v) is 2.00. The molecule has 80 valence electrons. The largest absolute Gasteiger partial charge is 0.373 e. The molecule has 1 aromatic carbocycles. The molecule has 0 bridgehead atoms. The predicted octanol–water partition coefficient (Wildman–Crippen LogP) is 1.41. The fraction of sp³-hybridized carbons (Fsp3) is 0.417. The van der Waals surface area contributed by atoms with E-state index in [9.17, 15) is 9.90 Å². The van der Waals surface area contributed by atoms with Crippen LogP contribution < -0.4 is 0 Å². The van der Waals surface area contributed by atoms with Gasteiger partial charge in [0.25, 0.3) is 5.91 Å². The van der Waals surface area contributed by atoms with Crippen LogP contribution in [0.15, 0.2) is 24.3 Å². The van der Waals surface area contributed by atoms with Crippen molar-refractivity contribution in [3.63, 3.8) is 0 Å². The molecule has 0 radical (unpaired) electrons. The highest BCUT2D eigenvalue weighted by atomic mass is 16.3. The molecule has 1 aliphatic rings. The van der Waals surface area contributed by atoms with Crippen molar-refractivity contribution in [1.29, 1.82) is 0 Å². The number of nitrogens with zero attached hydrogens (tertiary/aromatic N) is 1. The summed E-state index contributed by atoms with van der Waals surface area (Å²) in [6.45, 7) is 2.62. The third-order valence-electron chi connectivity index (χ3n) is 2.74. The van der Waals surface area contributed by atoms with Crippen LogP contribution in [0.25, 0.3) is 0 Å². The minimum absolute atomic E-state index is 0.0498. The van der Waals surface area contributed by atoms with E-state index in [1.807, 2.05) is 31.2 Å². The molecule has 1 amide bonds. The van der Waals surface area contributed by atoms with Crippen LogP contribution in [0.3, 0.4) is 0 Å². The van der Waals surface area contributed by atoms with E-state index in [1.54, 1.807) is 4.90 Å². The van der Waals surface area contributed by atoms with Gasteiger partial charge in [-0.25, -0.2) is 0 Å². The van der Waals surface area contributed by atoms with Crippen molar-refractivity contribution in [2.24, 2.45) is 0 Å². The molecule has 0 saturated carbocycles. The van der Waals surface area contributed by atoms with E-state index in [2.05, 4.69) is 0 Å². The zero-order valence-corrected chi connectivity index (χ0v) is 8.81. The Bertz CT molecular complexity index is 376. The Morgan fingerprint density at radius 1 is 1.47 bits per heavy atom. The number of carbonyl (C=O) groups is 1. The van der Waals surface area contributed by atoms with Gasteiger partial charge in [0.05, 0.1) is 0 Å². The van der Waals surface area contributed by atoms with E-state index >= 15 is 0 Å². The fourth-order valence-electron chi connectivity index (χ4n) is 2.00. The minimum Gasteiger partial charge on any atom is -0.373 e. The highest BCUT2D eigenvalue weighted by molar-refractivity contribution is 5.96. The molecule has 1 aromatic rings. The lowest BCUT2D eigenvalue weighted by Gasteiger charge is -2.33. The Balaban J connectivity index is 2.34. The summed E-state index contributed by atoms with van der Waals surface area (Å²) in [4.78, 5) is 13.5. The summed E-state index contributed by atoms with van der Waals surface area (Å²) in [6, 6.07) is 7.48. The van der Waals surface area contributed by atoms with Gasteiger partial charge < -0.3 is 10.0 Å². The highest BCUT2D eigenvalue weighted by Crippen LogP contribution is 2.21. The Hall–Kier alpha value is -1.35. The zero-order valence-electron chi connectivity index (χ0n) is 8.81. The Labute approximate surface area is 89.3 Å². The second-order valence-corrected chi connectivity index (χ2v) is 3.84. The number of hydrogen-bond acceptors (Lipinski definition) is 2. The van der Waals surface area contributed by atoms with Crippen LogP contribution in [0.5, 0.6) is 0 Å². The van der Waals surface area contributed by atoms with Gasteiger partial charge in [-0.3, -0.25) is 4.79 Å². The standard InChI is InChI=1S/C12H15NO2/c1-2-7-13-11(14)8-9-5-3-4-6-10(9)12(13)15/h3-6,11,14H,2,7-8H2,1H3. The van der Waals surface area contributed by atoms with Gasteiger partial charge in [-0.15, -0.1) is 0 Å². The van der Waals surface area contributed by atoms with Crippen molar-refractivity contribution in [2.75, 3.05) is 6.54 Å². The maximum absolute atomic E-state index is 12.0. The second-order valence-electron chi connectivity index (χ2n) is 3.84. The van der Waals surface area contributed by atoms with Gasteiger partial charge in [-0.2, -0.15) is 0 Å². The molecule has 15 heavy (non-hydrogen) atoms. The van der Waals surface area contributed by atoms with Crippen molar-refractivity contribution in [3.05, 3.63) is 35.4 Å². The number of carbonyl (C=O) groups excluding carboxylic acids is 1. The first-order chi connectivity index (χ1) is 7.24. The Morgan fingerprint density at radius 3 is 2.93 bits per heavy atom. The molecule has 3 nitrogen and oxygen atoms in total. The molecular formula is C12H15NO2. The molecule has 1 heterocycles. The molecule has 3 heteroatoms. The molecule has 0 fully saturated rings. The summed E-state index contributed by atoms with van der Waals surface area (Å²) in [7, 11) is 0. The summed E-state index contributed by atoms with van der Waals surface area (Å²) < 4.78 is 0. The maximum Gasteiger partial charge on any atom is 0.256 e. The Morgan fingerprint density at radius 2 is 2.20 bits per heavy atom. The lowest BCUT2D eigenvalue weighted by molar-refractivity contribution is 0.00300. The first kappa shape index (κ1) is 10.2. The molecule has 0 aliphatic carbocycles. The average molecular weight is 205 g/mol. The lowest BCUT2D eigenvalue weighted by atomic mass is 9.98. The van der Waals surface area contributed by atoms with Crippen molar-refractivity contribution in [2.45, 2.75) is 26.0 Å². The molecule has 0 aromatic heterocycles. The molecule has 2 rings (SSSR count). The number of benzene rings is 1. The summed E-state index contributed by atoms with van der Waals surface area (Å²) >= 11 is 0. The van der Waals surface area contributed by atoms with Gasteiger partial charge in [-0.05, 0) is 18.1 Å². The second kappa shape index (κ2) is 4.03. The molecule has 0 spiro atoms. The summed E-state index contributed by atoms with van der Waals surface area (Å²) in [5.74, 6) is -0.0498. The van der Waals surface area contributed by atoms with Crippen molar-refractivity contribution in [1.82, 2.24) is 4.90 Å². The lowest BCUT2D eigenvalue weighted by Crippen LogP contribution is -2.45. The van der Waals surface area contributed by atoms with E-state index in [-0.39, 0.29) is 5.91 Å². The first-order valence-corrected chi connectivity index (χ1v) is 5.31. The van der Waals surface area contributed by atoms with E-state index in [4.69, 9.17) is 0 Å². The van der Waals surface area contributed by atoms with E-state index in [1.165, 1.54) is 0 Å². The molecule has 0 saturated heterocycles. The maximum atomic E-state index is 12.0. The quantitative estimate of drug-likeness (QED) is 0.793. The molecule has 1 N–H and O–H groups in total. The van der Waals surface area contributed by atoms with Crippen LogP contribution >= 0.6 is 0 Å². The summed E-state index contributed by atoms with van der Waals surface area (Å²) in [5, 5.41) is 9.82. The molecule has 1 aliphatic heterocycles. The third kappa shape index (κ3) is 1.75. The van der Waals surface area contributed by atoms with Gasteiger partial charge in [0.2, 0.25) is 0 Å². The number of amides is 1. The van der Waals surface area contributed by atoms with E-state index in [0.717, 1.165) is 17.5 Å². The summed E-state index contributed by atoms with van der Waals surface area (Å²) in [5.41, 5.74) is 1.68. The van der Waals surface area contributed by atoms with Crippen molar-refractivity contribution < 1.29 is 9.90 Å². The summed E-state index contributed by atoms with van der Waals surface area (Å²) in [6.07, 6.45) is 0.750. The molecular weight excluding hydrogens is 190 g/mol. The first-order valence-electron chi connectivity index (χ1n) is 5.31. The van der Waals surface area contributed by atoms with E-state index < -0.39 is 6.23 Å². The predicted molar refractivity (Wildman–Crippen MR) is 57.5 cm³/mol. The van der Waals surface area contributed by atoms with Crippen LogP contribution in [0, 0.1) is 0 Å². The number of rotatable bonds is 2. The smallest absolute Gasteiger partial charge is 0.256 e. The highest BCUT2D eigenvalue weighted by Gasteiger charge is 2.29. The average Bonchev–Trinajstić information content (AvgIpc) is 2.24. The van der Waals surface area contributed by atoms with Crippen molar-refractivity contribution >= 4 is 5.91 Å². The van der Waals surface area contributed by atoms with Gasteiger partial charge in [0.15, 0.2) is 0 Å². The monoisotopic (exact) mass is 205 g/mol. The number of hydrogen-bond donors (Lipinski definition) is 1. The van der Waals surface area contributed by atoms with Crippen LogP contribution in [-0.4, -0.2) is 28.7 Å². The number of fused-ring (bicyclic) bond motifs is 1. The van der Waals surface area contributed by atoms with Crippen LogP contribution in [0.1, 0.15) is 29.3 Å². The van der Waals surface area contributed by atoms with E-state index in [0.29, 0.717) is 13.0 Å². The van der Waals surface area contributed by atoms with Crippen LogP contribution in [0.2, 0.25) is 0 Å². The van der Waals surface area contributed by atoms with Gasteiger partial charge in [-0.1, -0.05) is 25.1 Å². The van der Waals surface area contributed by atoms with Crippen LogP contribution in [-0.2, 0) is 6.42 Å². The normalized spacial score (nSPS) is 20.3. The van der Waals surface area contributed by atoms with Crippen molar-refractivity contribution in [3.8, 4) is 0 Å². The minimum atomic E-state index is -0.660.